The molecule has 0 saturated carbocycles. The average molecular weight is 1230 g/mol. The molecule has 9 N–H and O–H groups in total. The standard InChI is InChI=1S/C74H123NO13/c1-3-5-7-9-11-13-15-17-18-19-20-21-22-23-24-25-26-27-28-29-30-31-32-33-34-35-36-37-38-39-40-41-42-43-44-46-48-50-52-54-56-58-66(79)75-62(63(78)57-55-53-51-49-47-45-16-14-12-10-8-6-4-2)61-85-73-71(84)69(82)72(65(60-77)87-73)88-74-70(83)68(81)67(80)64(59-76)86-74/h5,7,11-14,17-18,20-21,23-24,26-27,29-30,32-33,47,49,55,57,62-65,67-74,76-78,80-84H,3-4,6,8-10,15-16,19,22,25,28,31,34-46,48,50-54,56,58-61H2,1-2H3,(H,75,79)/b7-5-,13-11-,14-12+,18-17-,21-20-,24-23-,27-26-,30-29-,33-32-,49-47+,57-55+. The van der Waals surface area contributed by atoms with Crippen LogP contribution >= 0.6 is 0 Å². The second-order valence-electron chi connectivity index (χ2n) is 23.5. The lowest BCUT2D eigenvalue weighted by Gasteiger charge is -2.46. The first kappa shape index (κ1) is 80.2. The van der Waals surface area contributed by atoms with Crippen LogP contribution in [0.15, 0.2) is 134 Å². The molecule has 0 aromatic carbocycles. The predicted molar refractivity (Wildman–Crippen MR) is 359 cm³/mol. The van der Waals surface area contributed by atoms with Gasteiger partial charge in [-0.2, -0.15) is 0 Å². The van der Waals surface area contributed by atoms with Crippen molar-refractivity contribution in [2.24, 2.45) is 0 Å². The number of amides is 1. The Balaban J connectivity index is 1.58. The van der Waals surface area contributed by atoms with Gasteiger partial charge in [0.2, 0.25) is 5.91 Å². The molecular formula is C74H123NO13. The third kappa shape index (κ3) is 40.8. The predicted octanol–water partition coefficient (Wildman–Crippen LogP) is 13.9. The zero-order valence-electron chi connectivity index (χ0n) is 54.4. The summed E-state index contributed by atoms with van der Waals surface area (Å²) in [6.07, 6.45) is 68.1. The van der Waals surface area contributed by atoms with Gasteiger partial charge in [-0.1, -0.05) is 250 Å². The van der Waals surface area contributed by atoms with Crippen LogP contribution in [0.4, 0.5) is 0 Å². The Hall–Kier alpha value is -3.87. The minimum Gasteiger partial charge on any atom is -0.394 e. The fourth-order valence-electron chi connectivity index (χ4n) is 10.3. The van der Waals surface area contributed by atoms with Crippen molar-refractivity contribution in [1.29, 1.82) is 0 Å². The van der Waals surface area contributed by atoms with Crippen LogP contribution in [0.1, 0.15) is 232 Å². The molecule has 2 aliphatic rings. The minimum atomic E-state index is -1.80. The van der Waals surface area contributed by atoms with Crippen molar-refractivity contribution in [2.75, 3.05) is 19.8 Å². The van der Waals surface area contributed by atoms with E-state index in [9.17, 15) is 45.6 Å². The molecule has 12 unspecified atom stereocenters. The van der Waals surface area contributed by atoms with Gasteiger partial charge in [-0.25, -0.2) is 0 Å². The van der Waals surface area contributed by atoms with Gasteiger partial charge in [0.25, 0.3) is 0 Å². The maximum atomic E-state index is 13.3. The molecule has 2 fully saturated rings. The molecule has 14 nitrogen and oxygen atoms in total. The van der Waals surface area contributed by atoms with Gasteiger partial charge in [-0.3, -0.25) is 4.79 Å². The van der Waals surface area contributed by atoms with Gasteiger partial charge in [-0.15, -0.1) is 0 Å². The molecule has 0 aromatic rings. The molecule has 14 heteroatoms. The van der Waals surface area contributed by atoms with Crippen LogP contribution in [0.25, 0.3) is 0 Å². The molecular weight excluding hydrogens is 1110 g/mol. The Bertz CT molecular complexity index is 1990. The molecule has 2 saturated heterocycles. The van der Waals surface area contributed by atoms with E-state index in [1.54, 1.807) is 6.08 Å². The van der Waals surface area contributed by atoms with Gasteiger partial charge in [0.05, 0.1) is 32.0 Å². The van der Waals surface area contributed by atoms with E-state index in [2.05, 4.69) is 141 Å². The highest BCUT2D eigenvalue weighted by Crippen LogP contribution is 2.30. The van der Waals surface area contributed by atoms with E-state index in [-0.39, 0.29) is 18.9 Å². The average Bonchev–Trinajstić information content (AvgIpc) is 2.45. The summed E-state index contributed by atoms with van der Waals surface area (Å²) in [5.41, 5.74) is 0. The Morgan fingerprint density at radius 2 is 0.795 bits per heavy atom. The first-order chi connectivity index (χ1) is 43.1. The van der Waals surface area contributed by atoms with Gasteiger partial charge in [0.1, 0.15) is 48.8 Å². The van der Waals surface area contributed by atoms with Crippen molar-refractivity contribution in [3.63, 3.8) is 0 Å². The van der Waals surface area contributed by atoms with Crippen molar-refractivity contribution < 1.29 is 64.6 Å². The largest absolute Gasteiger partial charge is 0.394 e. The van der Waals surface area contributed by atoms with Crippen LogP contribution in [0.5, 0.6) is 0 Å². The van der Waals surface area contributed by atoms with Crippen LogP contribution in [-0.4, -0.2) is 140 Å². The van der Waals surface area contributed by atoms with Crippen molar-refractivity contribution in [1.82, 2.24) is 5.32 Å². The van der Waals surface area contributed by atoms with Crippen LogP contribution in [-0.2, 0) is 23.7 Å². The summed E-state index contributed by atoms with van der Waals surface area (Å²) in [7, 11) is 0. The minimum absolute atomic E-state index is 0.258. The fourth-order valence-corrected chi connectivity index (χ4v) is 10.3. The molecule has 502 valence electrons. The number of ether oxygens (including phenoxy) is 4. The Morgan fingerprint density at radius 1 is 0.420 bits per heavy atom. The molecule has 0 radical (unpaired) electrons. The third-order valence-electron chi connectivity index (χ3n) is 15.8. The highest BCUT2D eigenvalue weighted by atomic mass is 16.7. The van der Waals surface area contributed by atoms with Crippen molar-refractivity contribution in [3.05, 3.63) is 134 Å². The van der Waals surface area contributed by atoms with E-state index in [1.165, 1.54) is 103 Å². The number of hydrogen-bond acceptors (Lipinski definition) is 13. The maximum Gasteiger partial charge on any atom is 0.220 e. The number of aliphatic hydroxyl groups excluding tert-OH is 8. The number of aliphatic hydroxyl groups is 8. The Morgan fingerprint density at radius 3 is 1.25 bits per heavy atom. The molecule has 2 rings (SSSR count). The summed E-state index contributed by atoms with van der Waals surface area (Å²) in [5.74, 6) is -0.258. The smallest absolute Gasteiger partial charge is 0.220 e. The lowest BCUT2D eigenvalue weighted by Crippen LogP contribution is -2.65. The quantitative estimate of drug-likeness (QED) is 0.0204. The summed E-state index contributed by atoms with van der Waals surface area (Å²) in [6.45, 7) is 2.61. The topological polar surface area (TPSA) is 228 Å². The Kier molecular flexibility index (Phi) is 52.0. The molecule has 12 atom stereocenters. The highest BCUT2D eigenvalue weighted by molar-refractivity contribution is 5.76. The van der Waals surface area contributed by atoms with E-state index in [4.69, 9.17) is 18.9 Å². The van der Waals surface area contributed by atoms with Gasteiger partial charge >= 0.3 is 0 Å². The van der Waals surface area contributed by atoms with Gasteiger partial charge in [0, 0.05) is 6.42 Å². The van der Waals surface area contributed by atoms with E-state index in [1.807, 2.05) is 6.08 Å². The van der Waals surface area contributed by atoms with Gasteiger partial charge in [-0.05, 0) is 109 Å². The molecule has 0 aromatic heterocycles. The van der Waals surface area contributed by atoms with E-state index >= 15 is 0 Å². The SMILES string of the molecule is CC/C=C\C/C=C\C/C=C\C/C=C\C/C=C\C/C=C\C/C=C\C/C=C\CCCCCCCCCCCCCCCCCCC(=O)NC(COC1OC(CO)C(OC2OC(CO)C(O)C(O)C2O)C(O)C1O)C(O)/C=C/CC/C=C/CC/C=C/CCCCC. The monoisotopic (exact) mass is 1230 g/mol. The second kappa shape index (κ2) is 57.1. The Labute approximate surface area is 532 Å². The molecule has 2 heterocycles. The lowest BCUT2D eigenvalue weighted by molar-refractivity contribution is -0.359. The number of rotatable bonds is 54. The summed E-state index contributed by atoms with van der Waals surface area (Å²) >= 11 is 0. The molecule has 2 aliphatic heterocycles. The number of carbonyl (C=O) groups is 1. The third-order valence-corrected chi connectivity index (χ3v) is 15.8. The lowest BCUT2D eigenvalue weighted by atomic mass is 9.97. The van der Waals surface area contributed by atoms with Crippen LogP contribution in [0.2, 0.25) is 0 Å². The van der Waals surface area contributed by atoms with Crippen molar-refractivity contribution >= 4 is 5.91 Å². The highest BCUT2D eigenvalue weighted by Gasteiger charge is 2.51. The van der Waals surface area contributed by atoms with Crippen LogP contribution < -0.4 is 5.32 Å². The second-order valence-corrected chi connectivity index (χ2v) is 23.5. The number of carbonyl (C=O) groups excluding carboxylic acids is 1. The zero-order valence-corrected chi connectivity index (χ0v) is 54.4. The zero-order chi connectivity index (χ0) is 63.8. The number of allylic oxidation sites excluding steroid dienone is 21. The normalized spacial score (nSPS) is 24.0. The fraction of sp³-hybridized carbons (Fsp3) is 0.689. The molecule has 0 aliphatic carbocycles. The summed E-state index contributed by atoms with van der Waals surface area (Å²) < 4.78 is 22.8. The first-order valence-corrected chi connectivity index (χ1v) is 34.4. The van der Waals surface area contributed by atoms with E-state index < -0.39 is 86.8 Å². The van der Waals surface area contributed by atoms with E-state index in [0.717, 1.165) is 96.3 Å². The van der Waals surface area contributed by atoms with Gasteiger partial charge in [0.15, 0.2) is 12.6 Å². The van der Waals surface area contributed by atoms with Crippen LogP contribution in [0.3, 0.4) is 0 Å². The molecule has 1 amide bonds. The first-order valence-electron chi connectivity index (χ1n) is 34.4. The van der Waals surface area contributed by atoms with Gasteiger partial charge < -0.3 is 65.1 Å². The summed E-state index contributed by atoms with van der Waals surface area (Å²) in [6, 6.07) is -0.944. The number of unbranched alkanes of at least 4 members (excludes halogenated alkanes) is 21. The summed E-state index contributed by atoms with van der Waals surface area (Å²) in [5, 5.41) is 87.1. The number of nitrogens with one attached hydrogen (secondary N) is 1. The molecule has 0 spiro atoms. The molecule has 0 bridgehead atoms. The summed E-state index contributed by atoms with van der Waals surface area (Å²) in [4.78, 5) is 13.3. The molecule has 88 heavy (non-hydrogen) atoms. The van der Waals surface area contributed by atoms with Crippen molar-refractivity contribution in [2.45, 2.75) is 306 Å². The van der Waals surface area contributed by atoms with Crippen LogP contribution in [0, 0.1) is 0 Å². The van der Waals surface area contributed by atoms with E-state index in [0.29, 0.717) is 12.8 Å². The van der Waals surface area contributed by atoms with Crippen molar-refractivity contribution in [3.8, 4) is 0 Å². The maximum absolute atomic E-state index is 13.3. The number of hydrogen-bond donors (Lipinski definition) is 9.